The predicted octanol–water partition coefficient (Wildman–Crippen LogP) is 1.43. The molecule has 2 heterocycles. The van der Waals surface area contributed by atoms with Crippen molar-refractivity contribution in [1.82, 2.24) is 9.88 Å². The molecular formula is C13H15FN4O. The monoisotopic (exact) mass is 262 g/mol. The van der Waals surface area contributed by atoms with Gasteiger partial charge in [-0.15, -0.1) is 0 Å². The number of carbonyl (C=O) groups excluding carboxylic acids is 1. The summed E-state index contributed by atoms with van der Waals surface area (Å²) in [5.74, 6) is -0.109. The minimum absolute atomic E-state index is 0.0303. The average molecular weight is 262 g/mol. The van der Waals surface area contributed by atoms with Crippen molar-refractivity contribution < 1.29 is 9.18 Å². The number of rotatable bonds is 6. The van der Waals surface area contributed by atoms with Crippen LogP contribution < -0.4 is 5.32 Å². The number of carbonyl (C=O) groups is 1. The maximum absolute atomic E-state index is 13.4. The first kappa shape index (κ1) is 13.4. The number of pyridine rings is 1. The standard InChI is InChI=1S/C13H15FN4O/c14-12-5-13(16-6-10(12)9-19)17-11-7-18(8-11)4-2-1-3-15/h5-6,9,11H,1-2,4,7-8H2,(H,16,17). The molecule has 1 aromatic heterocycles. The summed E-state index contributed by atoms with van der Waals surface area (Å²) in [6.45, 7) is 2.64. The van der Waals surface area contributed by atoms with E-state index in [1.165, 1.54) is 12.3 Å². The number of nitrogens with one attached hydrogen (secondary N) is 1. The van der Waals surface area contributed by atoms with Crippen molar-refractivity contribution in [3.8, 4) is 6.07 Å². The van der Waals surface area contributed by atoms with Crippen molar-refractivity contribution in [3.63, 3.8) is 0 Å². The lowest BCUT2D eigenvalue weighted by atomic mass is 10.1. The van der Waals surface area contributed by atoms with Crippen LogP contribution in [0.15, 0.2) is 12.3 Å². The molecule has 0 radical (unpaired) electrons. The Labute approximate surface area is 111 Å². The molecule has 2 rings (SSSR count). The molecule has 1 aliphatic heterocycles. The van der Waals surface area contributed by atoms with Gasteiger partial charge in [0, 0.05) is 31.8 Å². The molecule has 1 aromatic rings. The number of nitriles is 1. The number of nitrogens with zero attached hydrogens (tertiary/aromatic N) is 3. The van der Waals surface area contributed by atoms with Gasteiger partial charge in [-0.1, -0.05) is 0 Å². The van der Waals surface area contributed by atoms with Crippen molar-refractivity contribution in [1.29, 1.82) is 5.26 Å². The Morgan fingerprint density at radius 1 is 1.63 bits per heavy atom. The highest BCUT2D eigenvalue weighted by atomic mass is 19.1. The minimum Gasteiger partial charge on any atom is -0.365 e. The van der Waals surface area contributed by atoms with E-state index >= 15 is 0 Å². The molecule has 0 amide bonds. The second-order valence-electron chi connectivity index (χ2n) is 4.57. The molecule has 6 heteroatoms. The van der Waals surface area contributed by atoms with E-state index < -0.39 is 5.82 Å². The van der Waals surface area contributed by atoms with E-state index in [0.29, 0.717) is 18.5 Å². The third-order valence-electron chi connectivity index (χ3n) is 3.08. The van der Waals surface area contributed by atoms with Gasteiger partial charge in [-0.25, -0.2) is 9.37 Å². The van der Waals surface area contributed by atoms with Crippen LogP contribution in [-0.2, 0) is 0 Å². The molecule has 1 fully saturated rings. The Bertz CT molecular complexity index is 494. The zero-order chi connectivity index (χ0) is 13.7. The van der Waals surface area contributed by atoms with Gasteiger partial charge in [0.2, 0.25) is 0 Å². The SMILES string of the molecule is N#CCCCN1CC(Nc2cc(F)c(C=O)cn2)C1. The van der Waals surface area contributed by atoms with E-state index in [1.54, 1.807) is 0 Å². The van der Waals surface area contributed by atoms with Crippen LogP contribution in [-0.4, -0.2) is 41.8 Å². The maximum Gasteiger partial charge on any atom is 0.154 e. The zero-order valence-corrected chi connectivity index (χ0v) is 10.5. The van der Waals surface area contributed by atoms with E-state index in [1.807, 2.05) is 0 Å². The number of hydrogen-bond donors (Lipinski definition) is 1. The molecule has 1 N–H and O–H groups in total. The second kappa shape index (κ2) is 6.25. The van der Waals surface area contributed by atoms with Gasteiger partial charge in [-0.3, -0.25) is 9.69 Å². The van der Waals surface area contributed by atoms with E-state index in [-0.39, 0.29) is 11.6 Å². The lowest BCUT2D eigenvalue weighted by Gasteiger charge is -2.39. The molecule has 0 saturated carbocycles. The fraction of sp³-hybridized carbons (Fsp3) is 0.462. The van der Waals surface area contributed by atoms with E-state index in [0.717, 1.165) is 26.1 Å². The summed E-state index contributed by atoms with van der Waals surface area (Å²) >= 11 is 0. The number of likely N-dealkylation sites (tertiary alicyclic amines) is 1. The molecule has 1 aliphatic rings. The Balaban J connectivity index is 1.77. The largest absolute Gasteiger partial charge is 0.365 e. The first-order chi connectivity index (χ1) is 9.22. The summed E-state index contributed by atoms with van der Waals surface area (Å²) < 4.78 is 13.4. The number of anilines is 1. The molecule has 0 atom stereocenters. The maximum atomic E-state index is 13.4. The van der Waals surface area contributed by atoms with Crippen molar-refractivity contribution in [2.45, 2.75) is 18.9 Å². The summed E-state index contributed by atoms with van der Waals surface area (Å²) in [7, 11) is 0. The Morgan fingerprint density at radius 2 is 2.42 bits per heavy atom. The van der Waals surface area contributed by atoms with Crippen LogP contribution in [0.25, 0.3) is 0 Å². The smallest absolute Gasteiger partial charge is 0.154 e. The summed E-state index contributed by atoms with van der Waals surface area (Å²) in [6, 6.07) is 3.60. The second-order valence-corrected chi connectivity index (χ2v) is 4.57. The van der Waals surface area contributed by atoms with Gasteiger partial charge in [0.25, 0.3) is 0 Å². The van der Waals surface area contributed by atoms with Crippen LogP contribution in [0.5, 0.6) is 0 Å². The third-order valence-corrected chi connectivity index (χ3v) is 3.08. The Hall–Kier alpha value is -2.00. The lowest BCUT2D eigenvalue weighted by Crippen LogP contribution is -2.54. The van der Waals surface area contributed by atoms with Crippen LogP contribution in [0.2, 0.25) is 0 Å². The molecule has 0 bridgehead atoms. The normalized spacial score (nSPS) is 15.6. The number of hydrogen-bond acceptors (Lipinski definition) is 5. The van der Waals surface area contributed by atoms with Gasteiger partial charge < -0.3 is 5.32 Å². The van der Waals surface area contributed by atoms with Crippen molar-refractivity contribution in [2.24, 2.45) is 0 Å². The minimum atomic E-state index is -0.558. The first-order valence-corrected chi connectivity index (χ1v) is 6.19. The van der Waals surface area contributed by atoms with Gasteiger partial charge in [-0.2, -0.15) is 5.26 Å². The van der Waals surface area contributed by atoms with Gasteiger partial charge in [0.05, 0.1) is 17.7 Å². The van der Waals surface area contributed by atoms with Gasteiger partial charge in [0.1, 0.15) is 11.6 Å². The number of aromatic nitrogens is 1. The quantitative estimate of drug-likeness (QED) is 0.620. The highest BCUT2D eigenvalue weighted by molar-refractivity contribution is 5.75. The molecule has 0 spiro atoms. The average Bonchev–Trinajstić information content (AvgIpc) is 2.36. The number of aldehydes is 1. The molecule has 0 aromatic carbocycles. The lowest BCUT2D eigenvalue weighted by molar-refractivity contribution is 0.111. The predicted molar refractivity (Wildman–Crippen MR) is 68.3 cm³/mol. The van der Waals surface area contributed by atoms with Crippen molar-refractivity contribution in [2.75, 3.05) is 25.0 Å². The summed E-state index contributed by atoms with van der Waals surface area (Å²) in [5.41, 5.74) is -0.0303. The van der Waals surface area contributed by atoms with Gasteiger partial charge in [0.15, 0.2) is 6.29 Å². The van der Waals surface area contributed by atoms with E-state index in [9.17, 15) is 9.18 Å². The van der Waals surface area contributed by atoms with E-state index in [4.69, 9.17) is 5.26 Å². The molecular weight excluding hydrogens is 247 g/mol. The fourth-order valence-corrected chi connectivity index (χ4v) is 2.04. The molecule has 5 nitrogen and oxygen atoms in total. The topological polar surface area (TPSA) is 69.0 Å². The summed E-state index contributed by atoms with van der Waals surface area (Å²) in [4.78, 5) is 16.7. The van der Waals surface area contributed by atoms with E-state index in [2.05, 4.69) is 21.3 Å². The van der Waals surface area contributed by atoms with Gasteiger partial charge >= 0.3 is 0 Å². The van der Waals surface area contributed by atoms with Crippen molar-refractivity contribution >= 4 is 12.1 Å². The Kier molecular flexibility index (Phi) is 4.42. The number of halogens is 1. The number of unbranched alkanes of at least 4 members (excludes halogenated alkanes) is 1. The van der Waals surface area contributed by atoms with Crippen molar-refractivity contribution in [3.05, 3.63) is 23.6 Å². The third kappa shape index (κ3) is 3.48. The first-order valence-electron chi connectivity index (χ1n) is 6.19. The summed E-state index contributed by atoms with van der Waals surface area (Å²) in [5, 5.41) is 11.6. The fourth-order valence-electron chi connectivity index (χ4n) is 2.04. The highest BCUT2D eigenvalue weighted by Crippen LogP contribution is 2.16. The molecule has 1 saturated heterocycles. The molecule has 0 aliphatic carbocycles. The molecule has 100 valence electrons. The van der Waals surface area contributed by atoms with Crippen LogP contribution in [0.1, 0.15) is 23.2 Å². The van der Waals surface area contributed by atoms with Crippen LogP contribution >= 0.6 is 0 Å². The Morgan fingerprint density at radius 3 is 3.05 bits per heavy atom. The molecule has 19 heavy (non-hydrogen) atoms. The zero-order valence-electron chi connectivity index (χ0n) is 10.5. The highest BCUT2D eigenvalue weighted by Gasteiger charge is 2.26. The van der Waals surface area contributed by atoms with Gasteiger partial charge in [-0.05, 0) is 13.0 Å². The molecule has 0 unspecified atom stereocenters. The van der Waals surface area contributed by atoms with Crippen LogP contribution in [0, 0.1) is 17.1 Å². The van der Waals surface area contributed by atoms with Crippen LogP contribution in [0.4, 0.5) is 10.2 Å². The summed E-state index contributed by atoms with van der Waals surface area (Å²) in [6.07, 6.45) is 3.14. The van der Waals surface area contributed by atoms with Crippen LogP contribution in [0.3, 0.4) is 0 Å².